The summed E-state index contributed by atoms with van der Waals surface area (Å²) in [5, 5.41) is 25.5. The van der Waals surface area contributed by atoms with Crippen molar-refractivity contribution in [2.75, 3.05) is 5.01 Å². The molecule has 0 amide bonds. The third-order valence-electron chi connectivity index (χ3n) is 3.47. The summed E-state index contributed by atoms with van der Waals surface area (Å²) < 4.78 is 35.5. The van der Waals surface area contributed by atoms with Crippen LogP contribution in [0.2, 0.25) is 5.02 Å². The van der Waals surface area contributed by atoms with Crippen molar-refractivity contribution in [3.63, 3.8) is 0 Å². The summed E-state index contributed by atoms with van der Waals surface area (Å²) >= 11 is 23.8. The van der Waals surface area contributed by atoms with Gasteiger partial charge in [-0.1, -0.05) is 60.3 Å². The molecule has 1 aliphatic rings. The van der Waals surface area contributed by atoms with Gasteiger partial charge in [-0.25, -0.2) is 9.99 Å². The topological polar surface area (TPSA) is 92.3 Å². The summed E-state index contributed by atoms with van der Waals surface area (Å²) in [5.41, 5.74) is -2.09. The van der Waals surface area contributed by atoms with E-state index < -0.39 is 21.5 Å². The van der Waals surface area contributed by atoms with Crippen molar-refractivity contribution < 1.29 is 18.3 Å². The van der Waals surface area contributed by atoms with Gasteiger partial charge in [0.2, 0.25) is 9.52 Å². The van der Waals surface area contributed by atoms with Gasteiger partial charge < -0.3 is 5.11 Å². The highest BCUT2D eigenvalue weighted by molar-refractivity contribution is 6.68. The second-order valence-electron chi connectivity index (χ2n) is 5.42. The molecular formula is C14H14Cl4F3N7O. The number of aromatic nitrogens is 5. The van der Waals surface area contributed by atoms with Gasteiger partial charge in [0.05, 0.1) is 10.7 Å². The zero-order valence-electron chi connectivity index (χ0n) is 14.9. The average Bonchev–Trinajstić information content (AvgIpc) is 3.22. The maximum atomic E-state index is 12.6. The zero-order valence-corrected chi connectivity index (χ0v) is 17.9. The van der Waals surface area contributed by atoms with Crippen molar-refractivity contribution in [3.05, 3.63) is 29.2 Å². The predicted octanol–water partition coefficient (Wildman–Crippen LogP) is 4.09. The Labute approximate surface area is 183 Å². The highest BCUT2D eigenvalue weighted by atomic mass is 35.6. The lowest BCUT2D eigenvalue weighted by Crippen LogP contribution is -2.53. The summed E-state index contributed by atoms with van der Waals surface area (Å²) in [6.07, 6.45) is -3.72. The molecule has 0 aliphatic carbocycles. The Morgan fingerprint density at radius 1 is 1.24 bits per heavy atom. The monoisotopic (exact) mass is 493 g/mol. The first-order valence-corrected chi connectivity index (χ1v) is 9.54. The molecule has 15 heteroatoms. The Hall–Kier alpha value is -1.40. The number of rotatable bonds is 3. The molecule has 0 fully saturated rings. The second-order valence-corrected chi connectivity index (χ2v) is 8.11. The van der Waals surface area contributed by atoms with Crippen LogP contribution in [0.15, 0.2) is 23.4 Å². The lowest BCUT2D eigenvalue weighted by atomic mass is 10.1. The number of hydrogen-bond acceptors (Lipinski definition) is 7. The maximum absolute atomic E-state index is 12.6. The largest absolute Gasteiger partial charge is 0.455 e. The first-order chi connectivity index (χ1) is 13.4. The van der Waals surface area contributed by atoms with Crippen LogP contribution in [-0.2, 0) is 12.7 Å². The summed E-state index contributed by atoms with van der Waals surface area (Å²) in [6.45, 7) is 3.66. The molecule has 0 radical (unpaired) electrons. The van der Waals surface area contributed by atoms with Crippen molar-refractivity contribution in [3.8, 4) is 0 Å². The Bertz CT molecular complexity index is 887. The molecule has 3 heterocycles. The number of anilines is 1. The Morgan fingerprint density at radius 3 is 2.41 bits per heavy atom. The SMILES string of the molecule is CC.OC1(C(Cl)(Cl)Cl)CC(Cn2nnc(C(F)(F)F)n2)=NN1c1ncccc1Cl. The van der Waals surface area contributed by atoms with Gasteiger partial charge in [0.1, 0.15) is 6.54 Å². The van der Waals surface area contributed by atoms with Crippen molar-refractivity contribution in [2.24, 2.45) is 5.10 Å². The lowest BCUT2D eigenvalue weighted by Gasteiger charge is -2.37. The maximum Gasteiger partial charge on any atom is 0.455 e. The van der Waals surface area contributed by atoms with Crippen LogP contribution < -0.4 is 5.01 Å². The standard InChI is InChI=1S/C12H8Cl4F3N7O.C2H6/c13-7-2-1-3-20-8(7)26-10(27,12(14,15)16)4-6(22-26)5-25-23-9(21-24-25)11(17,18)19;1-2/h1-3,27H,4-5H2;1-2H3. The van der Waals surface area contributed by atoms with Gasteiger partial charge >= 0.3 is 6.18 Å². The number of aliphatic hydroxyl groups is 1. The van der Waals surface area contributed by atoms with E-state index in [0.717, 1.165) is 5.01 Å². The van der Waals surface area contributed by atoms with E-state index in [1.165, 1.54) is 12.3 Å². The molecule has 160 valence electrons. The van der Waals surface area contributed by atoms with Gasteiger partial charge in [-0.2, -0.15) is 23.1 Å². The van der Waals surface area contributed by atoms with E-state index in [1.54, 1.807) is 6.07 Å². The highest BCUT2D eigenvalue weighted by Gasteiger charge is 2.57. The van der Waals surface area contributed by atoms with Crippen molar-refractivity contribution in [1.82, 2.24) is 25.2 Å². The summed E-state index contributed by atoms with van der Waals surface area (Å²) in [6, 6.07) is 3.02. The molecule has 3 rings (SSSR count). The van der Waals surface area contributed by atoms with E-state index in [9.17, 15) is 18.3 Å². The third-order valence-corrected chi connectivity index (χ3v) is 4.67. The third kappa shape index (κ3) is 5.02. The molecule has 29 heavy (non-hydrogen) atoms. The van der Waals surface area contributed by atoms with E-state index in [0.29, 0.717) is 4.80 Å². The average molecular weight is 495 g/mol. The van der Waals surface area contributed by atoms with E-state index in [1.807, 2.05) is 13.8 Å². The van der Waals surface area contributed by atoms with Crippen LogP contribution >= 0.6 is 46.4 Å². The number of hydrazone groups is 1. The molecule has 1 N–H and O–H groups in total. The minimum absolute atomic E-state index is 0.00878. The van der Waals surface area contributed by atoms with Gasteiger partial charge in [-0.3, -0.25) is 0 Å². The lowest BCUT2D eigenvalue weighted by molar-refractivity contribution is -0.145. The minimum atomic E-state index is -4.75. The van der Waals surface area contributed by atoms with Gasteiger partial charge in [0.25, 0.3) is 5.82 Å². The first kappa shape index (κ1) is 23.9. The Balaban J connectivity index is 0.00000145. The van der Waals surface area contributed by atoms with Crippen LogP contribution in [0.25, 0.3) is 0 Å². The fourth-order valence-electron chi connectivity index (χ4n) is 2.27. The molecule has 1 unspecified atom stereocenters. The van der Waals surface area contributed by atoms with Crippen molar-refractivity contribution in [1.29, 1.82) is 0 Å². The van der Waals surface area contributed by atoms with Crippen LogP contribution in [0.1, 0.15) is 26.1 Å². The van der Waals surface area contributed by atoms with Gasteiger partial charge in [-0.05, 0) is 17.3 Å². The van der Waals surface area contributed by atoms with Crippen LogP contribution in [0, 0.1) is 0 Å². The molecule has 1 aliphatic heterocycles. The molecule has 0 saturated carbocycles. The molecule has 1 atom stereocenters. The number of halogens is 7. The summed E-state index contributed by atoms with van der Waals surface area (Å²) in [5.74, 6) is -1.42. The van der Waals surface area contributed by atoms with E-state index in [4.69, 9.17) is 46.4 Å². The summed E-state index contributed by atoms with van der Waals surface area (Å²) in [4.78, 5) is 4.66. The summed E-state index contributed by atoms with van der Waals surface area (Å²) in [7, 11) is 0. The molecule has 8 nitrogen and oxygen atoms in total. The van der Waals surface area contributed by atoms with E-state index in [-0.39, 0.29) is 29.5 Å². The quantitative estimate of drug-likeness (QED) is 0.646. The molecule has 0 saturated heterocycles. The van der Waals surface area contributed by atoms with E-state index in [2.05, 4.69) is 25.5 Å². The molecular weight excluding hydrogens is 481 g/mol. The first-order valence-electron chi connectivity index (χ1n) is 8.03. The smallest absolute Gasteiger partial charge is 0.365 e. The molecule has 0 aromatic carbocycles. The molecule has 2 aromatic rings. The van der Waals surface area contributed by atoms with Crippen molar-refractivity contribution in [2.45, 2.75) is 42.5 Å². The van der Waals surface area contributed by atoms with Crippen LogP contribution in [0.5, 0.6) is 0 Å². The zero-order chi connectivity index (χ0) is 22.0. The fourth-order valence-corrected chi connectivity index (χ4v) is 2.91. The van der Waals surface area contributed by atoms with Crippen LogP contribution in [-0.4, -0.2) is 45.5 Å². The fraction of sp³-hybridized carbons (Fsp3) is 0.500. The number of tetrazole rings is 1. The highest BCUT2D eigenvalue weighted by Crippen LogP contribution is 2.48. The number of pyridine rings is 1. The Morgan fingerprint density at radius 2 is 1.90 bits per heavy atom. The van der Waals surface area contributed by atoms with Crippen molar-refractivity contribution >= 4 is 57.9 Å². The van der Waals surface area contributed by atoms with Gasteiger partial charge in [0, 0.05) is 12.6 Å². The van der Waals surface area contributed by atoms with Gasteiger partial charge in [0.15, 0.2) is 5.82 Å². The van der Waals surface area contributed by atoms with E-state index >= 15 is 0 Å². The number of hydrogen-bond donors (Lipinski definition) is 1. The molecule has 2 aromatic heterocycles. The molecule has 0 spiro atoms. The van der Waals surface area contributed by atoms with Gasteiger partial charge in [-0.15, -0.1) is 10.2 Å². The predicted molar refractivity (Wildman–Crippen MR) is 103 cm³/mol. The minimum Gasteiger partial charge on any atom is -0.365 e. The van der Waals surface area contributed by atoms with Crippen LogP contribution in [0.4, 0.5) is 19.0 Å². The second kappa shape index (κ2) is 8.76. The number of nitrogens with zero attached hydrogens (tertiary/aromatic N) is 7. The van der Waals surface area contributed by atoms with Crippen LogP contribution in [0.3, 0.4) is 0 Å². The number of alkyl halides is 6. The Kier molecular flexibility index (Phi) is 7.21. The molecule has 0 bridgehead atoms. The normalized spacial score (nSPS) is 19.7.